The van der Waals surface area contributed by atoms with E-state index in [0.29, 0.717) is 22.9 Å². The number of fused-ring (bicyclic) bond motifs is 1. The molecule has 3 rings (SSSR count). The van der Waals surface area contributed by atoms with Gasteiger partial charge in [-0.3, -0.25) is 0 Å². The van der Waals surface area contributed by atoms with Crippen LogP contribution in [0.25, 0.3) is 0 Å². The lowest BCUT2D eigenvalue weighted by Crippen LogP contribution is -1.98. The van der Waals surface area contributed by atoms with E-state index in [1.54, 1.807) is 13.2 Å². The fourth-order valence-electron chi connectivity index (χ4n) is 2.42. The van der Waals surface area contributed by atoms with Crippen LogP contribution in [0, 0.1) is 11.3 Å². The van der Waals surface area contributed by atoms with E-state index in [9.17, 15) is 5.26 Å². The molecule has 4 heteroatoms. The molecule has 0 amide bonds. The minimum atomic E-state index is 0.359. The summed E-state index contributed by atoms with van der Waals surface area (Å²) in [5, 5.41) is 9.25. The van der Waals surface area contributed by atoms with Crippen molar-refractivity contribution in [3.05, 3.63) is 47.2 Å². The number of nitrogens with zero attached hydrogens (tertiary/aromatic N) is 2. The van der Waals surface area contributed by atoms with E-state index in [2.05, 4.69) is 11.1 Å². The molecule has 1 aliphatic rings. The van der Waals surface area contributed by atoms with E-state index >= 15 is 0 Å². The number of aromatic nitrogens is 1. The predicted molar refractivity (Wildman–Crippen MR) is 74.0 cm³/mol. The molecule has 20 heavy (non-hydrogen) atoms. The van der Waals surface area contributed by atoms with Crippen molar-refractivity contribution in [3.63, 3.8) is 0 Å². The lowest BCUT2D eigenvalue weighted by atomic mass is 10.1. The third kappa shape index (κ3) is 2.19. The van der Waals surface area contributed by atoms with Gasteiger partial charge in [0.2, 0.25) is 5.88 Å². The topological polar surface area (TPSA) is 55.1 Å². The zero-order valence-corrected chi connectivity index (χ0v) is 11.2. The molecule has 2 aromatic rings. The van der Waals surface area contributed by atoms with Gasteiger partial charge in [0, 0.05) is 5.69 Å². The normalized spacial score (nSPS) is 12.6. The van der Waals surface area contributed by atoms with E-state index in [1.807, 2.05) is 24.3 Å². The molecule has 0 N–H and O–H groups in total. The number of nitriles is 1. The largest absolute Gasteiger partial charge is 0.493 e. The number of para-hydroxylation sites is 2. The molecule has 1 aromatic carbocycles. The number of rotatable bonds is 3. The first-order valence-electron chi connectivity index (χ1n) is 6.55. The summed E-state index contributed by atoms with van der Waals surface area (Å²) in [7, 11) is 1.59. The van der Waals surface area contributed by atoms with Crippen LogP contribution < -0.4 is 9.47 Å². The highest BCUT2D eigenvalue weighted by atomic mass is 16.5. The molecule has 0 saturated heterocycles. The summed E-state index contributed by atoms with van der Waals surface area (Å²) in [6, 6.07) is 11.4. The van der Waals surface area contributed by atoms with E-state index < -0.39 is 0 Å². The highest BCUT2D eigenvalue weighted by molar-refractivity contribution is 5.48. The van der Waals surface area contributed by atoms with Crippen molar-refractivity contribution in [3.8, 4) is 23.4 Å². The standard InChI is InChI=1S/C16H14N2O2/c1-19-14-7-2-3-8-15(14)20-16-12(10-17)9-11-5-4-6-13(11)18-16/h2-3,7-9H,4-6H2,1H3. The monoisotopic (exact) mass is 266 g/mol. The molecule has 0 atom stereocenters. The maximum Gasteiger partial charge on any atom is 0.237 e. The third-order valence-corrected chi connectivity index (χ3v) is 3.41. The van der Waals surface area contributed by atoms with Gasteiger partial charge in [0.15, 0.2) is 11.5 Å². The molecule has 0 unspecified atom stereocenters. The van der Waals surface area contributed by atoms with Crippen LogP contribution in [-0.4, -0.2) is 12.1 Å². The van der Waals surface area contributed by atoms with Gasteiger partial charge < -0.3 is 9.47 Å². The van der Waals surface area contributed by atoms with Gasteiger partial charge >= 0.3 is 0 Å². The van der Waals surface area contributed by atoms with E-state index in [0.717, 1.165) is 30.5 Å². The van der Waals surface area contributed by atoms with Gasteiger partial charge in [-0.2, -0.15) is 5.26 Å². The van der Waals surface area contributed by atoms with Gasteiger partial charge in [-0.05, 0) is 43.0 Å². The average Bonchev–Trinajstić information content (AvgIpc) is 2.94. The van der Waals surface area contributed by atoms with E-state index in [-0.39, 0.29) is 0 Å². The van der Waals surface area contributed by atoms with Crippen molar-refractivity contribution in [2.24, 2.45) is 0 Å². The molecule has 1 heterocycles. The van der Waals surface area contributed by atoms with Gasteiger partial charge in [0.1, 0.15) is 11.6 Å². The van der Waals surface area contributed by atoms with E-state index in [4.69, 9.17) is 9.47 Å². The molecular formula is C16H14N2O2. The van der Waals surface area contributed by atoms with Gasteiger partial charge in [-0.1, -0.05) is 12.1 Å². The first-order valence-corrected chi connectivity index (χ1v) is 6.55. The fraction of sp³-hybridized carbons (Fsp3) is 0.250. The predicted octanol–water partition coefficient (Wildman–Crippen LogP) is 3.24. The molecule has 1 aromatic heterocycles. The molecule has 0 fully saturated rings. The summed E-state index contributed by atoms with van der Waals surface area (Å²) in [6.45, 7) is 0. The van der Waals surface area contributed by atoms with Crippen LogP contribution in [0.2, 0.25) is 0 Å². The Kier molecular flexibility index (Phi) is 3.26. The molecule has 0 spiro atoms. The lowest BCUT2D eigenvalue weighted by Gasteiger charge is -2.11. The van der Waals surface area contributed by atoms with Crippen molar-refractivity contribution in [1.29, 1.82) is 5.26 Å². The Hall–Kier alpha value is -2.54. The Morgan fingerprint density at radius 1 is 1.20 bits per heavy atom. The summed E-state index contributed by atoms with van der Waals surface area (Å²) in [5.41, 5.74) is 2.67. The first-order chi connectivity index (χ1) is 9.81. The molecular weight excluding hydrogens is 252 g/mol. The van der Waals surface area contributed by atoms with Crippen molar-refractivity contribution in [2.75, 3.05) is 7.11 Å². The second-order valence-electron chi connectivity index (χ2n) is 4.67. The van der Waals surface area contributed by atoms with Crippen molar-refractivity contribution >= 4 is 0 Å². The van der Waals surface area contributed by atoms with Crippen LogP contribution in [0.5, 0.6) is 17.4 Å². The van der Waals surface area contributed by atoms with Crippen LogP contribution in [0.4, 0.5) is 0 Å². The van der Waals surface area contributed by atoms with Gasteiger partial charge in [-0.25, -0.2) is 4.98 Å². The zero-order chi connectivity index (χ0) is 13.9. The van der Waals surface area contributed by atoms with Gasteiger partial charge in [0.05, 0.1) is 7.11 Å². The minimum Gasteiger partial charge on any atom is -0.493 e. The molecule has 100 valence electrons. The Bertz CT molecular complexity index is 689. The lowest BCUT2D eigenvalue weighted by molar-refractivity contribution is 0.373. The van der Waals surface area contributed by atoms with Crippen LogP contribution in [0.3, 0.4) is 0 Å². The summed E-state index contributed by atoms with van der Waals surface area (Å²) in [6.07, 6.45) is 3.03. The summed E-state index contributed by atoms with van der Waals surface area (Å²) < 4.78 is 11.0. The highest BCUT2D eigenvalue weighted by Crippen LogP contribution is 2.33. The maximum absolute atomic E-state index is 9.25. The number of benzene rings is 1. The smallest absolute Gasteiger partial charge is 0.237 e. The number of methoxy groups -OCH3 is 1. The SMILES string of the molecule is COc1ccccc1Oc1nc2c(cc1C#N)CCC2. The fourth-order valence-corrected chi connectivity index (χ4v) is 2.42. The maximum atomic E-state index is 9.25. The molecule has 0 aliphatic heterocycles. The number of pyridine rings is 1. The summed E-state index contributed by atoms with van der Waals surface area (Å²) in [4.78, 5) is 4.49. The number of ether oxygens (including phenoxy) is 2. The van der Waals surface area contributed by atoms with Gasteiger partial charge in [0.25, 0.3) is 0 Å². The number of hydrogen-bond acceptors (Lipinski definition) is 4. The van der Waals surface area contributed by atoms with Crippen molar-refractivity contribution < 1.29 is 9.47 Å². The Balaban J connectivity index is 2.00. The highest BCUT2D eigenvalue weighted by Gasteiger charge is 2.18. The molecule has 0 radical (unpaired) electrons. The van der Waals surface area contributed by atoms with Crippen LogP contribution in [0.1, 0.15) is 23.2 Å². The van der Waals surface area contributed by atoms with Crippen molar-refractivity contribution in [2.45, 2.75) is 19.3 Å². The number of hydrogen-bond donors (Lipinski definition) is 0. The molecule has 1 aliphatic carbocycles. The molecule has 4 nitrogen and oxygen atoms in total. The molecule has 0 saturated carbocycles. The Labute approximate surface area is 117 Å². The third-order valence-electron chi connectivity index (χ3n) is 3.41. The van der Waals surface area contributed by atoms with Crippen LogP contribution >= 0.6 is 0 Å². The Morgan fingerprint density at radius 3 is 2.75 bits per heavy atom. The average molecular weight is 266 g/mol. The summed E-state index contributed by atoms with van der Waals surface area (Å²) >= 11 is 0. The van der Waals surface area contributed by atoms with E-state index in [1.165, 1.54) is 0 Å². The van der Waals surface area contributed by atoms with Crippen LogP contribution in [0.15, 0.2) is 30.3 Å². The molecule has 0 bridgehead atoms. The summed E-state index contributed by atoms with van der Waals surface area (Å²) in [5.74, 6) is 1.55. The second-order valence-corrected chi connectivity index (χ2v) is 4.67. The quantitative estimate of drug-likeness (QED) is 0.855. The van der Waals surface area contributed by atoms with Crippen LogP contribution in [-0.2, 0) is 12.8 Å². The van der Waals surface area contributed by atoms with Crippen molar-refractivity contribution in [1.82, 2.24) is 4.98 Å². The first kappa shape index (κ1) is 12.5. The second kappa shape index (κ2) is 5.22. The number of aryl methyl sites for hydroxylation is 2. The van der Waals surface area contributed by atoms with Gasteiger partial charge in [-0.15, -0.1) is 0 Å². The minimum absolute atomic E-state index is 0.359. The Morgan fingerprint density at radius 2 is 2.00 bits per heavy atom. The zero-order valence-electron chi connectivity index (χ0n) is 11.2.